The van der Waals surface area contributed by atoms with Gasteiger partial charge in [0.05, 0.1) is 0 Å². The van der Waals surface area contributed by atoms with Gasteiger partial charge in [-0.25, -0.2) is 0 Å². The quantitative estimate of drug-likeness (QED) is 0.300. The van der Waals surface area contributed by atoms with Gasteiger partial charge in [0.25, 0.3) is 0 Å². The molecule has 0 aliphatic carbocycles. The van der Waals surface area contributed by atoms with Crippen LogP contribution in [0.1, 0.15) is 21.5 Å². The van der Waals surface area contributed by atoms with E-state index in [2.05, 4.69) is 35.0 Å². The van der Waals surface area contributed by atoms with E-state index in [9.17, 15) is 4.79 Å². The van der Waals surface area contributed by atoms with Gasteiger partial charge in [-0.15, -0.1) is 0 Å². The van der Waals surface area contributed by atoms with Gasteiger partial charge in [-0.05, 0) is 48.0 Å². The zero-order chi connectivity index (χ0) is 18.6. The van der Waals surface area contributed by atoms with Crippen molar-refractivity contribution in [1.29, 1.82) is 0 Å². The van der Waals surface area contributed by atoms with Gasteiger partial charge in [0.2, 0.25) is 0 Å². The number of carbonyl (C=O) groups excluding carboxylic acids is 1. The summed E-state index contributed by atoms with van der Waals surface area (Å²) in [5, 5.41) is 1.76. The van der Waals surface area contributed by atoms with E-state index in [0.717, 1.165) is 23.0 Å². The first-order valence-corrected chi connectivity index (χ1v) is 9.18. The summed E-state index contributed by atoms with van der Waals surface area (Å²) in [4.78, 5) is 12.4. The molecule has 0 atom stereocenters. The fraction of sp³-hybridized carbons (Fsp3) is 0.0417. The molecule has 0 radical (unpaired) electrons. The molecule has 132 valence electrons. The smallest absolute Gasteiger partial charge is 0.185 e. The van der Waals surface area contributed by atoms with Gasteiger partial charge in [0.15, 0.2) is 5.78 Å². The Kier molecular flexibility index (Phi) is 4.91. The van der Waals surface area contributed by atoms with Crippen LogP contribution in [-0.4, -0.2) is 10.4 Å². The molecular formula is C24H18ClNO. The summed E-state index contributed by atoms with van der Waals surface area (Å²) in [6.07, 6.45) is 5.61. The predicted molar refractivity (Wildman–Crippen MR) is 112 cm³/mol. The van der Waals surface area contributed by atoms with Crippen LogP contribution in [0.2, 0.25) is 5.02 Å². The summed E-state index contributed by atoms with van der Waals surface area (Å²) in [5.74, 6) is -0.0356. The highest BCUT2D eigenvalue weighted by molar-refractivity contribution is 6.30. The zero-order valence-electron chi connectivity index (χ0n) is 14.7. The number of ketones is 1. The normalized spacial score (nSPS) is 11.3. The number of nitrogens with zero attached hydrogens (tertiary/aromatic N) is 1. The molecule has 4 aromatic rings. The molecule has 0 amide bonds. The molecule has 2 nitrogen and oxygen atoms in total. The molecule has 4 rings (SSSR count). The molecule has 1 aromatic heterocycles. The lowest BCUT2D eigenvalue weighted by Crippen LogP contribution is -1.97. The summed E-state index contributed by atoms with van der Waals surface area (Å²) < 4.78 is 2.22. The molecule has 3 aromatic carbocycles. The maximum absolute atomic E-state index is 12.4. The van der Waals surface area contributed by atoms with Gasteiger partial charge >= 0.3 is 0 Å². The summed E-state index contributed by atoms with van der Waals surface area (Å²) in [5.41, 5.74) is 4.05. The van der Waals surface area contributed by atoms with Crippen LogP contribution in [0.5, 0.6) is 0 Å². The topological polar surface area (TPSA) is 22.0 Å². The van der Waals surface area contributed by atoms with E-state index in [-0.39, 0.29) is 5.78 Å². The number of carbonyl (C=O) groups is 1. The number of aromatic nitrogens is 1. The van der Waals surface area contributed by atoms with E-state index >= 15 is 0 Å². The molecule has 1 heterocycles. The maximum atomic E-state index is 12.4. The van der Waals surface area contributed by atoms with Crippen LogP contribution in [0.15, 0.2) is 91.1 Å². The van der Waals surface area contributed by atoms with E-state index in [1.807, 2.05) is 36.4 Å². The van der Waals surface area contributed by atoms with E-state index in [0.29, 0.717) is 10.6 Å². The Morgan fingerprint density at radius 2 is 1.59 bits per heavy atom. The maximum Gasteiger partial charge on any atom is 0.185 e. The Balaban J connectivity index is 1.65. The molecule has 0 spiro atoms. The first-order valence-electron chi connectivity index (χ1n) is 8.80. The molecule has 0 fully saturated rings. The van der Waals surface area contributed by atoms with Crippen molar-refractivity contribution in [2.24, 2.45) is 0 Å². The van der Waals surface area contributed by atoms with Crippen molar-refractivity contribution in [2.45, 2.75) is 6.54 Å². The number of rotatable bonds is 5. The molecule has 0 saturated heterocycles. The third-order valence-corrected chi connectivity index (χ3v) is 4.81. The number of para-hydroxylation sites is 1. The predicted octanol–water partition coefficient (Wildman–Crippen LogP) is 6.24. The lowest BCUT2D eigenvalue weighted by molar-refractivity contribution is 0.104. The number of benzene rings is 3. The molecule has 0 N–H and O–H groups in total. The molecule has 0 aliphatic heterocycles. The average molecular weight is 372 g/mol. The summed E-state index contributed by atoms with van der Waals surface area (Å²) in [7, 11) is 0. The van der Waals surface area contributed by atoms with Gasteiger partial charge < -0.3 is 4.57 Å². The van der Waals surface area contributed by atoms with Crippen LogP contribution < -0.4 is 0 Å². The van der Waals surface area contributed by atoms with Crippen LogP contribution in [0.4, 0.5) is 0 Å². The first kappa shape index (κ1) is 17.3. The van der Waals surface area contributed by atoms with Crippen molar-refractivity contribution in [1.82, 2.24) is 4.57 Å². The van der Waals surface area contributed by atoms with Crippen molar-refractivity contribution in [3.05, 3.63) is 113 Å². The number of hydrogen-bond donors (Lipinski definition) is 0. The zero-order valence-corrected chi connectivity index (χ0v) is 15.4. The van der Waals surface area contributed by atoms with Gasteiger partial charge in [0, 0.05) is 39.8 Å². The number of halogens is 1. The molecule has 0 unspecified atom stereocenters. The van der Waals surface area contributed by atoms with Crippen molar-refractivity contribution in [3.63, 3.8) is 0 Å². The lowest BCUT2D eigenvalue weighted by atomic mass is 10.1. The molecule has 0 aliphatic rings. The van der Waals surface area contributed by atoms with Crippen molar-refractivity contribution in [2.75, 3.05) is 0 Å². The van der Waals surface area contributed by atoms with E-state index in [4.69, 9.17) is 11.6 Å². The molecular weight excluding hydrogens is 354 g/mol. The Morgan fingerprint density at radius 3 is 2.37 bits per heavy atom. The van der Waals surface area contributed by atoms with Crippen LogP contribution in [0.25, 0.3) is 17.0 Å². The van der Waals surface area contributed by atoms with Gasteiger partial charge in [-0.2, -0.15) is 0 Å². The van der Waals surface area contributed by atoms with Gasteiger partial charge in [-0.1, -0.05) is 60.1 Å². The Morgan fingerprint density at radius 1 is 0.889 bits per heavy atom. The largest absolute Gasteiger partial charge is 0.342 e. The second-order valence-corrected chi connectivity index (χ2v) is 6.86. The van der Waals surface area contributed by atoms with Crippen LogP contribution in [-0.2, 0) is 6.54 Å². The van der Waals surface area contributed by atoms with Crippen LogP contribution in [0, 0.1) is 0 Å². The Bertz CT molecular complexity index is 1110. The number of hydrogen-bond acceptors (Lipinski definition) is 1. The second kappa shape index (κ2) is 7.65. The fourth-order valence-corrected chi connectivity index (χ4v) is 3.32. The Labute approximate surface area is 163 Å². The molecule has 3 heteroatoms. The summed E-state index contributed by atoms with van der Waals surface area (Å²) in [6, 6.07) is 25.6. The monoisotopic (exact) mass is 371 g/mol. The van der Waals surface area contributed by atoms with Gasteiger partial charge in [-0.3, -0.25) is 4.79 Å². The minimum Gasteiger partial charge on any atom is -0.342 e. The second-order valence-electron chi connectivity index (χ2n) is 6.42. The molecule has 0 bridgehead atoms. The van der Waals surface area contributed by atoms with Crippen molar-refractivity contribution in [3.8, 4) is 0 Å². The van der Waals surface area contributed by atoms with E-state index in [1.54, 1.807) is 30.3 Å². The lowest BCUT2D eigenvalue weighted by Gasteiger charge is -2.05. The van der Waals surface area contributed by atoms with Crippen LogP contribution >= 0.6 is 11.6 Å². The minimum atomic E-state index is -0.0356. The van der Waals surface area contributed by atoms with Gasteiger partial charge in [0.1, 0.15) is 0 Å². The third-order valence-electron chi connectivity index (χ3n) is 4.56. The molecule has 27 heavy (non-hydrogen) atoms. The Hall–Kier alpha value is -3.10. The van der Waals surface area contributed by atoms with Crippen molar-refractivity contribution >= 4 is 34.4 Å². The summed E-state index contributed by atoms with van der Waals surface area (Å²) >= 11 is 5.89. The number of allylic oxidation sites excluding steroid dienone is 1. The highest BCUT2D eigenvalue weighted by Crippen LogP contribution is 2.24. The minimum absolute atomic E-state index is 0.0356. The first-order chi connectivity index (χ1) is 13.2. The summed E-state index contributed by atoms with van der Waals surface area (Å²) in [6.45, 7) is 0.792. The standard InChI is InChI=1S/C24H18ClNO/c25-21-13-10-19(11-14-21)24(27)15-12-20-17-26(16-18-6-2-1-3-7-18)23-9-5-4-8-22(20)23/h1-15,17H,16H2/b15-12+. The van der Waals surface area contributed by atoms with E-state index in [1.165, 1.54) is 5.56 Å². The average Bonchev–Trinajstić information content (AvgIpc) is 3.05. The third kappa shape index (κ3) is 3.86. The molecule has 0 saturated carbocycles. The highest BCUT2D eigenvalue weighted by atomic mass is 35.5. The van der Waals surface area contributed by atoms with E-state index < -0.39 is 0 Å². The highest BCUT2D eigenvalue weighted by Gasteiger charge is 2.08. The SMILES string of the molecule is O=C(/C=C/c1cn(Cc2ccccc2)c2ccccc12)c1ccc(Cl)cc1. The fourth-order valence-electron chi connectivity index (χ4n) is 3.19. The van der Waals surface area contributed by atoms with Crippen molar-refractivity contribution < 1.29 is 4.79 Å². The number of fused-ring (bicyclic) bond motifs is 1. The van der Waals surface area contributed by atoms with Crippen LogP contribution in [0.3, 0.4) is 0 Å².